The summed E-state index contributed by atoms with van der Waals surface area (Å²) < 4.78 is 24.6. The number of nitrogens with zero attached hydrogens (tertiary/aromatic N) is 2. The van der Waals surface area contributed by atoms with E-state index in [1.807, 2.05) is 0 Å². The molecule has 1 atom stereocenters. The molecule has 1 aromatic carbocycles. The van der Waals surface area contributed by atoms with Crippen LogP contribution in [0.2, 0.25) is 5.02 Å². The van der Waals surface area contributed by atoms with Gasteiger partial charge in [0.25, 0.3) is 0 Å². The van der Waals surface area contributed by atoms with E-state index in [1.54, 1.807) is 6.07 Å². The topological polar surface area (TPSA) is 24.9 Å². The molecule has 3 rings (SSSR count). The summed E-state index contributed by atoms with van der Waals surface area (Å²) in [4.78, 5) is 4.76. The molecule has 23 heavy (non-hydrogen) atoms. The van der Waals surface area contributed by atoms with Gasteiger partial charge in [0.05, 0.1) is 19.3 Å². The molecule has 128 valence electrons. The maximum absolute atomic E-state index is 13.2. The number of halogens is 2. The highest BCUT2D eigenvalue weighted by Crippen LogP contribution is 2.20. The van der Waals surface area contributed by atoms with Crippen molar-refractivity contribution in [3.05, 3.63) is 34.6 Å². The Bertz CT molecular complexity index is 511. The molecule has 0 N–H and O–H groups in total. The quantitative estimate of drug-likeness (QED) is 0.839. The zero-order chi connectivity index (χ0) is 16.1. The van der Waals surface area contributed by atoms with E-state index in [-0.39, 0.29) is 11.9 Å². The molecular weight excluding hydrogens is 319 g/mol. The first kappa shape index (κ1) is 17.1. The Hall–Kier alpha value is -0.720. The highest BCUT2D eigenvalue weighted by Gasteiger charge is 2.23. The van der Waals surface area contributed by atoms with Gasteiger partial charge in [0.15, 0.2) is 0 Å². The standard InChI is InChI=1S/C17H24ClFN2O2/c18-17-10-15(19)3-2-14(17)11-21-4-1-7-23-16(13-21)12-20-5-8-22-9-6-20/h2-3,10,16H,1,4-9,11-13H2/t16-/m1/s1. The lowest BCUT2D eigenvalue weighted by Crippen LogP contribution is -2.44. The van der Waals surface area contributed by atoms with Crippen LogP contribution in [-0.2, 0) is 16.0 Å². The van der Waals surface area contributed by atoms with Crippen molar-refractivity contribution in [3.8, 4) is 0 Å². The van der Waals surface area contributed by atoms with Crippen LogP contribution in [0.1, 0.15) is 12.0 Å². The molecule has 0 saturated carbocycles. The normalized spacial score (nSPS) is 24.5. The van der Waals surface area contributed by atoms with E-state index in [1.165, 1.54) is 12.1 Å². The Labute approximate surface area is 142 Å². The van der Waals surface area contributed by atoms with Crippen LogP contribution in [0.4, 0.5) is 4.39 Å². The third kappa shape index (κ3) is 5.13. The van der Waals surface area contributed by atoms with Crippen LogP contribution < -0.4 is 0 Å². The van der Waals surface area contributed by atoms with Gasteiger partial charge in [0.2, 0.25) is 0 Å². The second kappa shape index (κ2) is 8.40. The predicted octanol–water partition coefficient (Wildman–Crippen LogP) is 2.40. The summed E-state index contributed by atoms with van der Waals surface area (Å²) in [6, 6.07) is 4.64. The molecule has 2 heterocycles. The van der Waals surface area contributed by atoms with Crippen molar-refractivity contribution in [2.45, 2.75) is 19.1 Å². The average molecular weight is 343 g/mol. The molecule has 2 aliphatic rings. The molecule has 4 nitrogen and oxygen atoms in total. The SMILES string of the molecule is Fc1ccc(CN2CCCO[C@H](CN3CCOCC3)C2)c(Cl)c1. The van der Waals surface area contributed by atoms with E-state index in [0.717, 1.165) is 71.1 Å². The fourth-order valence-corrected chi connectivity index (χ4v) is 3.41. The van der Waals surface area contributed by atoms with Gasteiger partial charge < -0.3 is 9.47 Å². The molecule has 0 spiro atoms. The zero-order valence-corrected chi connectivity index (χ0v) is 14.1. The van der Waals surface area contributed by atoms with Crippen molar-refractivity contribution in [1.82, 2.24) is 9.80 Å². The minimum Gasteiger partial charge on any atom is -0.379 e. The fraction of sp³-hybridized carbons (Fsp3) is 0.647. The first-order valence-corrected chi connectivity index (χ1v) is 8.66. The molecule has 2 saturated heterocycles. The van der Waals surface area contributed by atoms with Crippen molar-refractivity contribution in [3.63, 3.8) is 0 Å². The summed E-state index contributed by atoms with van der Waals surface area (Å²) in [6.07, 6.45) is 1.22. The van der Waals surface area contributed by atoms with Gasteiger partial charge in [0.1, 0.15) is 5.82 Å². The number of hydrogen-bond donors (Lipinski definition) is 0. The van der Waals surface area contributed by atoms with Crippen LogP contribution >= 0.6 is 11.6 Å². The summed E-state index contributed by atoms with van der Waals surface area (Å²) >= 11 is 6.16. The van der Waals surface area contributed by atoms with E-state index in [4.69, 9.17) is 21.1 Å². The van der Waals surface area contributed by atoms with Gasteiger partial charge in [-0.25, -0.2) is 4.39 Å². The Morgan fingerprint density at radius 2 is 1.96 bits per heavy atom. The number of ether oxygens (including phenoxy) is 2. The first-order valence-electron chi connectivity index (χ1n) is 8.29. The van der Waals surface area contributed by atoms with Crippen LogP contribution in [0.25, 0.3) is 0 Å². The van der Waals surface area contributed by atoms with Crippen LogP contribution in [0.3, 0.4) is 0 Å². The minimum absolute atomic E-state index is 0.204. The predicted molar refractivity (Wildman–Crippen MR) is 88.3 cm³/mol. The number of rotatable bonds is 4. The monoisotopic (exact) mass is 342 g/mol. The third-order valence-corrected chi connectivity index (χ3v) is 4.76. The van der Waals surface area contributed by atoms with Crippen molar-refractivity contribution >= 4 is 11.6 Å². The maximum atomic E-state index is 13.2. The molecule has 0 aliphatic carbocycles. The summed E-state index contributed by atoms with van der Waals surface area (Å²) in [7, 11) is 0. The van der Waals surface area contributed by atoms with Gasteiger partial charge >= 0.3 is 0 Å². The second-order valence-corrected chi connectivity index (χ2v) is 6.64. The molecule has 1 aromatic rings. The molecule has 0 bridgehead atoms. The maximum Gasteiger partial charge on any atom is 0.124 e. The number of benzene rings is 1. The van der Waals surface area contributed by atoms with Crippen molar-refractivity contribution in [1.29, 1.82) is 0 Å². The lowest BCUT2D eigenvalue weighted by molar-refractivity contribution is -0.0122. The molecule has 6 heteroatoms. The molecule has 0 aromatic heterocycles. The van der Waals surface area contributed by atoms with Gasteiger partial charge in [-0.05, 0) is 24.1 Å². The van der Waals surface area contributed by atoms with Crippen molar-refractivity contribution in [2.75, 3.05) is 52.5 Å². The Morgan fingerprint density at radius 3 is 2.74 bits per heavy atom. The smallest absolute Gasteiger partial charge is 0.124 e. The van der Waals surface area contributed by atoms with Gasteiger partial charge in [0, 0.05) is 50.9 Å². The molecule has 0 unspecified atom stereocenters. The van der Waals surface area contributed by atoms with E-state index in [2.05, 4.69) is 9.80 Å². The van der Waals surface area contributed by atoms with Crippen LogP contribution in [0.5, 0.6) is 0 Å². The summed E-state index contributed by atoms with van der Waals surface area (Å²) in [5, 5.41) is 0.500. The van der Waals surface area contributed by atoms with Crippen LogP contribution in [0, 0.1) is 5.82 Å². The zero-order valence-electron chi connectivity index (χ0n) is 13.3. The van der Waals surface area contributed by atoms with Crippen molar-refractivity contribution < 1.29 is 13.9 Å². The van der Waals surface area contributed by atoms with Gasteiger partial charge in [-0.15, -0.1) is 0 Å². The fourth-order valence-electron chi connectivity index (χ4n) is 3.19. The first-order chi connectivity index (χ1) is 11.2. The third-order valence-electron chi connectivity index (χ3n) is 4.41. The summed E-state index contributed by atoms with van der Waals surface area (Å²) in [5.74, 6) is -0.289. The van der Waals surface area contributed by atoms with Gasteiger partial charge in [-0.3, -0.25) is 9.80 Å². The molecular formula is C17H24ClFN2O2. The Balaban J connectivity index is 1.58. The van der Waals surface area contributed by atoms with Crippen LogP contribution in [-0.4, -0.2) is 68.4 Å². The largest absolute Gasteiger partial charge is 0.379 e. The van der Waals surface area contributed by atoms with Crippen molar-refractivity contribution in [2.24, 2.45) is 0 Å². The van der Waals surface area contributed by atoms with E-state index < -0.39 is 0 Å². The lowest BCUT2D eigenvalue weighted by Gasteiger charge is -2.31. The van der Waals surface area contributed by atoms with Gasteiger partial charge in [-0.1, -0.05) is 17.7 Å². The van der Waals surface area contributed by atoms with Crippen LogP contribution in [0.15, 0.2) is 18.2 Å². The molecule has 0 amide bonds. The molecule has 2 fully saturated rings. The highest BCUT2D eigenvalue weighted by molar-refractivity contribution is 6.31. The molecule has 0 radical (unpaired) electrons. The summed E-state index contributed by atoms with van der Waals surface area (Å²) in [6.45, 7) is 7.90. The summed E-state index contributed by atoms with van der Waals surface area (Å²) in [5.41, 5.74) is 0.972. The van der Waals surface area contributed by atoms with E-state index >= 15 is 0 Å². The van der Waals surface area contributed by atoms with Gasteiger partial charge in [-0.2, -0.15) is 0 Å². The van der Waals surface area contributed by atoms with E-state index in [9.17, 15) is 4.39 Å². The number of hydrogen-bond acceptors (Lipinski definition) is 4. The minimum atomic E-state index is -0.289. The molecule has 2 aliphatic heterocycles. The average Bonchev–Trinajstić information content (AvgIpc) is 2.76. The second-order valence-electron chi connectivity index (χ2n) is 6.23. The highest BCUT2D eigenvalue weighted by atomic mass is 35.5. The van der Waals surface area contributed by atoms with E-state index in [0.29, 0.717) is 5.02 Å². The Kier molecular flexibility index (Phi) is 6.25. The lowest BCUT2D eigenvalue weighted by atomic mass is 10.2. The number of morpholine rings is 1. The Morgan fingerprint density at radius 1 is 1.13 bits per heavy atom.